The number of aromatic amines is 1. The molecule has 136 valence electrons. The van der Waals surface area contributed by atoms with Crippen molar-refractivity contribution in [3.8, 4) is 0 Å². The molecule has 1 aliphatic heterocycles. The van der Waals surface area contributed by atoms with Gasteiger partial charge in [-0.3, -0.25) is 14.8 Å². The van der Waals surface area contributed by atoms with Crippen molar-refractivity contribution in [2.45, 2.75) is 39.2 Å². The van der Waals surface area contributed by atoms with Crippen LogP contribution in [-0.2, 0) is 13.0 Å². The molecule has 1 aromatic carbocycles. The Morgan fingerprint density at radius 1 is 1.35 bits per heavy atom. The molecular weight excluding hydrogens is 331 g/mol. The molecule has 3 heterocycles. The van der Waals surface area contributed by atoms with E-state index >= 15 is 0 Å². The van der Waals surface area contributed by atoms with E-state index in [1.807, 2.05) is 26.0 Å². The molecule has 0 aliphatic carbocycles. The number of nitrogens with one attached hydrogen (secondary N) is 1. The highest BCUT2D eigenvalue weighted by Gasteiger charge is 2.26. The summed E-state index contributed by atoms with van der Waals surface area (Å²) >= 11 is 0. The number of rotatable bonds is 4. The van der Waals surface area contributed by atoms with Crippen LogP contribution in [0.15, 0.2) is 35.1 Å². The van der Waals surface area contributed by atoms with Crippen LogP contribution in [0, 0.1) is 12.7 Å². The highest BCUT2D eigenvalue weighted by Crippen LogP contribution is 2.27. The Balaban J connectivity index is 1.55. The van der Waals surface area contributed by atoms with Gasteiger partial charge < -0.3 is 0 Å². The molecule has 1 atom stereocenters. The maximum atomic E-state index is 13.4. The SMILES string of the molecule is CCc1c(C)nc2cc(C3CCN(Cc4cccc(F)c4)C3)[nH]n2c1=O. The van der Waals surface area contributed by atoms with E-state index in [-0.39, 0.29) is 11.4 Å². The van der Waals surface area contributed by atoms with E-state index in [9.17, 15) is 9.18 Å². The molecule has 1 aliphatic rings. The predicted octanol–water partition coefficient (Wildman–Crippen LogP) is 3.02. The Labute approximate surface area is 151 Å². The van der Waals surface area contributed by atoms with Crippen LogP contribution in [0.2, 0.25) is 0 Å². The molecule has 1 unspecified atom stereocenters. The topological polar surface area (TPSA) is 53.4 Å². The monoisotopic (exact) mass is 354 g/mol. The van der Waals surface area contributed by atoms with Crippen LogP contribution in [0.1, 0.15) is 41.8 Å². The molecule has 0 saturated carbocycles. The third kappa shape index (κ3) is 3.05. The molecule has 0 spiro atoms. The lowest BCUT2D eigenvalue weighted by Crippen LogP contribution is -2.22. The van der Waals surface area contributed by atoms with Gasteiger partial charge >= 0.3 is 0 Å². The van der Waals surface area contributed by atoms with Gasteiger partial charge in [-0.05, 0) is 44.0 Å². The summed E-state index contributed by atoms with van der Waals surface area (Å²) in [5, 5.41) is 3.26. The van der Waals surface area contributed by atoms with E-state index in [2.05, 4.69) is 15.0 Å². The summed E-state index contributed by atoms with van der Waals surface area (Å²) in [7, 11) is 0. The van der Waals surface area contributed by atoms with Crippen LogP contribution in [0.25, 0.3) is 5.65 Å². The van der Waals surface area contributed by atoms with Crippen molar-refractivity contribution in [1.82, 2.24) is 19.5 Å². The van der Waals surface area contributed by atoms with Gasteiger partial charge in [-0.1, -0.05) is 19.1 Å². The molecule has 2 aromatic heterocycles. The van der Waals surface area contributed by atoms with Gasteiger partial charge in [0.15, 0.2) is 5.65 Å². The Bertz CT molecular complexity index is 1010. The lowest BCUT2D eigenvalue weighted by Gasteiger charge is -2.15. The molecular formula is C20H23FN4O. The number of hydrogen-bond acceptors (Lipinski definition) is 3. The first-order chi connectivity index (χ1) is 12.5. The normalized spacial score (nSPS) is 18.0. The molecule has 4 rings (SSSR count). The average Bonchev–Trinajstić information content (AvgIpc) is 3.22. The molecule has 0 amide bonds. The Hall–Kier alpha value is -2.47. The predicted molar refractivity (Wildman–Crippen MR) is 99.0 cm³/mol. The first-order valence-corrected chi connectivity index (χ1v) is 9.13. The summed E-state index contributed by atoms with van der Waals surface area (Å²) in [5.41, 5.74) is 4.28. The van der Waals surface area contributed by atoms with Gasteiger partial charge in [0.1, 0.15) is 5.82 Å². The Morgan fingerprint density at radius 3 is 2.96 bits per heavy atom. The number of aromatic nitrogens is 3. The summed E-state index contributed by atoms with van der Waals surface area (Å²) in [5.74, 6) is 0.136. The van der Waals surface area contributed by atoms with Crippen molar-refractivity contribution in [3.05, 3.63) is 69.0 Å². The minimum atomic E-state index is -0.193. The van der Waals surface area contributed by atoms with Gasteiger partial charge in [0, 0.05) is 42.0 Å². The van der Waals surface area contributed by atoms with E-state index in [4.69, 9.17) is 0 Å². The van der Waals surface area contributed by atoms with Crippen LogP contribution in [0.3, 0.4) is 0 Å². The fraction of sp³-hybridized carbons (Fsp3) is 0.400. The molecule has 1 N–H and O–H groups in total. The van der Waals surface area contributed by atoms with E-state index in [0.717, 1.165) is 48.6 Å². The van der Waals surface area contributed by atoms with Crippen molar-refractivity contribution in [2.75, 3.05) is 13.1 Å². The number of hydrogen-bond donors (Lipinski definition) is 1. The summed E-state index contributed by atoms with van der Waals surface area (Å²) in [4.78, 5) is 19.5. The summed E-state index contributed by atoms with van der Waals surface area (Å²) in [6.45, 7) is 6.45. The number of H-pyrrole nitrogens is 1. The first kappa shape index (κ1) is 17.0. The lowest BCUT2D eigenvalue weighted by molar-refractivity contribution is 0.325. The van der Waals surface area contributed by atoms with E-state index in [1.54, 1.807) is 16.6 Å². The third-order valence-electron chi connectivity index (χ3n) is 5.30. The van der Waals surface area contributed by atoms with Crippen LogP contribution < -0.4 is 5.56 Å². The van der Waals surface area contributed by atoms with E-state index < -0.39 is 0 Å². The minimum absolute atomic E-state index is 0.00383. The van der Waals surface area contributed by atoms with Crippen LogP contribution in [0.5, 0.6) is 0 Å². The number of nitrogens with zero attached hydrogens (tertiary/aromatic N) is 3. The number of fused-ring (bicyclic) bond motifs is 1. The standard InChI is InChI=1S/C20H23FN4O/c1-3-17-13(2)22-19-10-18(23-25(19)20(17)26)15-7-8-24(12-15)11-14-5-4-6-16(21)9-14/h4-6,9-10,15,23H,3,7-8,11-12H2,1-2H3. The van der Waals surface area contributed by atoms with Crippen molar-refractivity contribution < 1.29 is 4.39 Å². The summed E-state index contributed by atoms with van der Waals surface area (Å²) in [6, 6.07) is 8.76. The van der Waals surface area contributed by atoms with Crippen LogP contribution >= 0.6 is 0 Å². The molecule has 3 aromatic rings. The van der Waals surface area contributed by atoms with Crippen LogP contribution in [0.4, 0.5) is 4.39 Å². The summed E-state index contributed by atoms with van der Waals surface area (Å²) < 4.78 is 14.9. The Morgan fingerprint density at radius 2 is 2.19 bits per heavy atom. The smallest absolute Gasteiger partial charge is 0.276 e. The second kappa shape index (κ2) is 6.68. The zero-order valence-electron chi connectivity index (χ0n) is 15.1. The lowest BCUT2D eigenvalue weighted by atomic mass is 10.1. The molecule has 6 heteroatoms. The van der Waals surface area contributed by atoms with Crippen molar-refractivity contribution >= 4 is 5.65 Å². The number of likely N-dealkylation sites (tertiary alicyclic amines) is 1. The maximum absolute atomic E-state index is 13.4. The maximum Gasteiger partial charge on any atom is 0.276 e. The van der Waals surface area contributed by atoms with Gasteiger partial charge in [-0.15, -0.1) is 0 Å². The number of aryl methyl sites for hydroxylation is 1. The highest BCUT2D eigenvalue weighted by atomic mass is 19.1. The van der Waals surface area contributed by atoms with Crippen LogP contribution in [-0.4, -0.2) is 32.6 Å². The molecule has 1 fully saturated rings. The minimum Gasteiger partial charge on any atom is -0.298 e. The third-order valence-corrected chi connectivity index (χ3v) is 5.30. The number of benzene rings is 1. The van der Waals surface area contributed by atoms with Crippen molar-refractivity contribution in [1.29, 1.82) is 0 Å². The molecule has 5 nitrogen and oxygen atoms in total. The van der Waals surface area contributed by atoms with Gasteiger partial charge in [0.2, 0.25) is 0 Å². The fourth-order valence-electron chi connectivity index (χ4n) is 3.93. The van der Waals surface area contributed by atoms with Gasteiger partial charge in [0.05, 0.1) is 0 Å². The molecule has 0 bridgehead atoms. The number of halogens is 1. The fourth-order valence-corrected chi connectivity index (χ4v) is 3.93. The second-order valence-corrected chi connectivity index (χ2v) is 7.09. The van der Waals surface area contributed by atoms with Gasteiger partial charge in [-0.25, -0.2) is 13.9 Å². The second-order valence-electron chi connectivity index (χ2n) is 7.09. The molecule has 0 radical (unpaired) electrons. The highest BCUT2D eigenvalue weighted by molar-refractivity contribution is 5.42. The zero-order chi connectivity index (χ0) is 18.3. The van der Waals surface area contributed by atoms with E-state index in [0.29, 0.717) is 18.0 Å². The van der Waals surface area contributed by atoms with Crippen molar-refractivity contribution in [2.24, 2.45) is 0 Å². The van der Waals surface area contributed by atoms with E-state index in [1.165, 1.54) is 6.07 Å². The Kier molecular flexibility index (Phi) is 4.36. The van der Waals surface area contributed by atoms with Crippen molar-refractivity contribution in [3.63, 3.8) is 0 Å². The zero-order valence-corrected chi connectivity index (χ0v) is 15.1. The quantitative estimate of drug-likeness (QED) is 0.784. The first-order valence-electron chi connectivity index (χ1n) is 9.13. The average molecular weight is 354 g/mol. The van der Waals surface area contributed by atoms with Gasteiger partial charge in [0.25, 0.3) is 5.56 Å². The van der Waals surface area contributed by atoms with Gasteiger partial charge in [-0.2, -0.15) is 0 Å². The summed E-state index contributed by atoms with van der Waals surface area (Å²) in [6.07, 6.45) is 1.69. The molecule has 1 saturated heterocycles. The molecule has 26 heavy (non-hydrogen) atoms. The largest absolute Gasteiger partial charge is 0.298 e.